The summed E-state index contributed by atoms with van der Waals surface area (Å²) in [6, 6.07) is -4.94. The van der Waals surface area contributed by atoms with Gasteiger partial charge in [0.1, 0.15) is 6.04 Å². The average Bonchev–Trinajstić information content (AvgIpc) is 3.18. The van der Waals surface area contributed by atoms with Crippen molar-refractivity contribution in [1.82, 2.24) is 10.2 Å². The summed E-state index contributed by atoms with van der Waals surface area (Å²) in [6.07, 6.45) is -6.84. The SMILES string of the molecule is CC(C)[C@H](N)C(=O)N1CCC[C@H]1C(=O)N[C@H](C(=O)C(F)(F)C(F)(F)C(F)(F)C(F)(F)F)C(C)C.Cl. The Morgan fingerprint density at radius 3 is 1.77 bits per heavy atom. The number of carbonyl (C=O) groups is 3. The van der Waals surface area contributed by atoms with E-state index in [1.165, 1.54) is 0 Å². The summed E-state index contributed by atoms with van der Waals surface area (Å²) in [7, 11) is 0. The first-order valence-electron chi connectivity index (χ1n) is 10.2. The van der Waals surface area contributed by atoms with E-state index in [1.54, 1.807) is 19.2 Å². The minimum absolute atomic E-state index is 0. The molecule has 3 atom stereocenters. The molecule has 1 aliphatic heterocycles. The summed E-state index contributed by atoms with van der Waals surface area (Å²) >= 11 is 0. The third-order valence-corrected chi connectivity index (χ3v) is 5.54. The summed E-state index contributed by atoms with van der Waals surface area (Å²) in [5, 5.41) is 1.72. The number of nitrogens with one attached hydrogen (secondary N) is 1. The topological polar surface area (TPSA) is 92.5 Å². The van der Waals surface area contributed by atoms with E-state index in [1.807, 2.05) is 0 Å². The monoisotopic (exact) mass is 551 g/mol. The average molecular weight is 552 g/mol. The van der Waals surface area contributed by atoms with Crippen LogP contribution < -0.4 is 11.1 Å². The third-order valence-electron chi connectivity index (χ3n) is 5.54. The molecule has 0 aromatic heterocycles. The first kappa shape index (κ1) is 33.2. The van der Waals surface area contributed by atoms with E-state index in [2.05, 4.69) is 0 Å². The number of halogens is 10. The van der Waals surface area contributed by atoms with Gasteiger partial charge in [0.25, 0.3) is 0 Å². The van der Waals surface area contributed by atoms with E-state index in [4.69, 9.17) is 5.73 Å². The van der Waals surface area contributed by atoms with E-state index in [0.717, 1.165) is 18.7 Å². The molecule has 35 heavy (non-hydrogen) atoms. The van der Waals surface area contributed by atoms with Gasteiger partial charge in [-0.2, -0.15) is 39.5 Å². The molecule has 1 heterocycles. The van der Waals surface area contributed by atoms with Crippen LogP contribution in [0.5, 0.6) is 0 Å². The highest BCUT2D eigenvalue weighted by molar-refractivity contribution is 5.97. The van der Waals surface area contributed by atoms with Gasteiger partial charge < -0.3 is 16.0 Å². The van der Waals surface area contributed by atoms with Gasteiger partial charge in [0.05, 0.1) is 12.1 Å². The largest absolute Gasteiger partial charge is 0.460 e. The van der Waals surface area contributed by atoms with Crippen LogP contribution in [0, 0.1) is 11.8 Å². The van der Waals surface area contributed by atoms with Crippen molar-refractivity contribution in [3.05, 3.63) is 0 Å². The Bertz CT molecular complexity index is 791. The van der Waals surface area contributed by atoms with Crippen LogP contribution in [-0.2, 0) is 14.4 Å². The number of amides is 2. The highest BCUT2D eigenvalue weighted by Crippen LogP contribution is 2.53. The predicted molar refractivity (Wildman–Crippen MR) is 107 cm³/mol. The van der Waals surface area contributed by atoms with E-state index >= 15 is 0 Å². The molecule has 1 fully saturated rings. The molecular formula is C19H27ClF9N3O3. The molecule has 0 bridgehead atoms. The second kappa shape index (κ2) is 11.1. The van der Waals surface area contributed by atoms with Crippen LogP contribution in [0.1, 0.15) is 40.5 Å². The fourth-order valence-corrected chi connectivity index (χ4v) is 3.29. The van der Waals surface area contributed by atoms with Gasteiger partial charge in [-0.1, -0.05) is 27.7 Å². The molecule has 1 rings (SSSR count). The highest BCUT2D eigenvalue weighted by Gasteiger charge is 2.83. The number of hydrogen-bond acceptors (Lipinski definition) is 4. The minimum atomic E-state index is -7.24. The van der Waals surface area contributed by atoms with E-state index in [-0.39, 0.29) is 37.7 Å². The van der Waals surface area contributed by atoms with E-state index < -0.39 is 65.6 Å². The number of alkyl halides is 9. The number of hydrogen-bond donors (Lipinski definition) is 2. The van der Waals surface area contributed by atoms with Crippen LogP contribution >= 0.6 is 12.4 Å². The van der Waals surface area contributed by atoms with Gasteiger partial charge >= 0.3 is 23.9 Å². The molecule has 0 aromatic carbocycles. The predicted octanol–water partition coefficient (Wildman–Crippen LogP) is 3.56. The lowest BCUT2D eigenvalue weighted by Crippen LogP contribution is -2.67. The number of likely N-dealkylation sites (tertiary alicyclic amines) is 1. The normalized spacial score (nSPS) is 19.4. The lowest BCUT2D eigenvalue weighted by atomic mass is 9.90. The summed E-state index contributed by atoms with van der Waals surface area (Å²) in [4.78, 5) is 38.3. The Morgan fingerprint density at radius 1 is 0.886 bits per heavy atom. The lowest BCUT2D eigenvalue weighted by Gasteiger charge is -2.35. The molecule has 0 saturated carbocycles. The molecule has 1 aliphatic rings. The lowest BCUT2D eigenvalue weighted by molar-refractivity contribution is -0.388. The maximum atomic E-state index is 14.1. The van der Waals surface area contributed by atoms with Crippen molar-refractivity contribution in [3.8, 4) is 0 Å². The molecule has 16 heteroatoms. The molecule has 0 unspecified atom stereocenters. The Hall–Kier alpha value is -1.77. The first-order valence-corrected chi connectivity index (χ1v) is 10.2. The highest BCUT2D eigenvalue weighted by atomic mass is 35.5. The number of Topliss-reactive ketones (excluding diaryl/α,β-unsaturated/α-hetero) is 1. The van der Waals surface area contributed by atoms with Gasteiger partial charge in [0, 0.05) is 6.54 Å². The smallest absolute Gasteiger partial charge is 0.344 e. The summed E-state index contributed by atoms with van der Waals surface area (Å²) in [6.45, 7) is 5.21. The van der Waals surface area contributed by atoms with Crippen molar-refractivity contribution in [2.45, 2.75) is 82.6 Å². The van der Waals surface area contributed by atoms with Gasteiger partial charge in [0.2, 0.25) is 17.6 Å². The quantitative estimate of drug-likeness (QED) is 0.429. The molecule has 0 spiro atoms. The molecule has 3 N–H and O–H groups in total. The molecule has 206 valence electrons. The van der Waals surface area contributed by atoms with Crippen molar-refractivity contribution in [3.63, 3.8) is 0 Å². The van der Waals surface area contributed by atoms with Crippen molar-refractivity contribution in [2.24, 2.45) is 17.6 Å². The maximum absolute atomic E-state index is 14.1. The van der Waals surface area contributed by atoms with Crippen LogP contribution in [0.3, 0.4) is 0 Å². The molecule has 1 saturated heterocycles. The summed E-state index contributed by atoms with van der Waals surface area (Å²) in [5.74, 6) is -27.6. The van der Waals surface area contributed by atoms with Gasteiger partial charge in [0.15, 0.2) is 0 Å². The van der Waals surface area contributed by atoms with E-state index in [9.17, 15) is 53.9 Å². The van der Waals surface area contributed by atoms with Crippen LogP contribution in [0.4, 0.5) is 39.5 Å². The Balaban J connectivity index is 0.0000116. The summed E-state index contributed by atoms with van der Waals surface area (Å²) < 4.78 is 119. The maximum Gasteiger partial charge on any atom is 0.460 e. The zero-order chi connectivity index (χ0) is 27.0. The molecule has 0 aliphatic carbocycles. The van der Waals surface area contributed by atoms with E-state index in [0.29, 0.717) is 0 Å². The molecule has 0 radical (unpaired) electrons. The third kappa shape index (κ3) is 6.15. The fraction of sp³-hybridized carbons (Fsp3) is 0.842. The van der Waals surface area contributed by atoms with Gasteiger partial charge in [-0.25, -0.2) is 0 Å². The van der Waals surface area contributed by atoms with Crippen LogP contribution in [0.15, 0.2) is 0 Å². The first-order chi connectivity index (χ1) is 15.1. The van der Waals surface area contributed by atoms with Crippen molar-refractivity contribution in [2.75, 3.05) is 6.54 Å². The Labute approximate surface area is 201 Å². The zero-order valence-corrected chi connectivity index (χ0v) is 19.9. The Morgan fingerprint density at radius 2 is 1.37 bits per heavy atom. The van der Waals surface area contributed by atoms with Crippen molar-refractivity contribution < 1.29 is 53.9 Å². The standard InChI is InChI=1S/C19H26F9N3O3.ClH/c1-8(2)11(29)15(34)31-7-5-6-10(31)14(33)30-12(9(3)4)13(32)16(20,21)17(22,23)18(24,25)19(26,27)28;/h8-12H,5-7,29H2,1-4H3,(H,30,33);1H/t10-,11-,12-;/m0./s1. The fourth-order valence-electron chi connectivity index (χ4n) is 3.29. The zero-order valence-electron chi connectivity index (χ0n) is 19.1. The number of nitrogens with two attached hydrogens (primary N) is 1. The molecule has 6 nitrogen and oxygen atoms in total. The van der Waals surface area contributed by atoms with Crippen LogP contribution in [-0.4, -0.2) is 71.1 Å². The van der Waals surface area contributed by atoms with Crippen LogP contribution in [0.25, 0.3) is 0 Å². The number of ketones is 1. The Kier molecular flexibility index (Phi) is 10.5. The molecule has 2 amide bonds. The van der Waals surface area contributed by atoms with Crippen molar-refractivity contribution in [1.29, 1.82) is 0 Å². The molecular weight excluding hydrogens is 525 g/mol. The second-order valence-corrected chi connectivity index (χ2v) is 8.77. The minimum Gasteiger partial charge on any atom is -0.344 e. The van der Waals surface area contributed by atoms with Gasteiger partial charge in [-0.15, -0.1) is 12.4 Å². The number of carbonyl (C=O) groups excluding carboxylic acids is 3. The van der Waals surface area contributed by atoms with Gasteiger partial charge in [-0.3, -0.25) is 14.4 Å². The second-order valence-electron chi connectivity index (χ2n) is 8.77. The van der Waals surface area contributed by atoms with Crippen molar-refractivity contribution >= 4 is 30.0 Å². The molecule has 0 aromatic rings. The van der Waals surface area contributed by atoms with Gasteiger partial charge in [-0.05, 0) is 24.7 Å². The summed E-state index contributed by atoms with van der Waals surface area (Å²) in [5.41, 5.74) is 5.76. The number of rotatable bonds is 9. The number of nitrogens with zero attached hydrogens (tertiary/aromatic N) is 1. The van der Waals surface area contributed by atoms with Crippen LogP contribution in [0.2, 0.25) is 0 Å².